The molecule has 0 bridgehead atoms. The van der Waals surface area contributed by atoms with Crippen molar-refractivity contribution in [2.45, 2.75) is 32.0 Å². The molecule has 22 heavy (non-hydrogen) atoms. The zero-order valence-electron chi connectivity index (χ0n) is 12.7. The van der Waals surface area contributed by atoms with Gasteiger partial charge in [-0.2, -0.15) is 5.10 Å². The number of rotatable bonds is 4. The molecule has 2 aromatic rings. The Morgan fingerprint density at radius 2 is 2.36 bits per heavy atom. The lowest BCUT2D eigenvalue weighted by Gasteiger charge is -2.20. The van der Waals surface area contributed by atoms with E-state index in [0.717, 1.165) is 18.8 Å². The summed E-state index contributed by atoms with van der Waals surface area (Å²) >= 11 is 0. The first-order valence-corrected chi connectivity index (χ1v) is 7.37. The predicted molar refractivity (Wildman–Crippen MR) is 80.4 cm³/mol. The third kappa shape index (κ3) is 2.96. The minimum absolute atomic E-state index is 0.101. The van der Waals surface area contributed by atoms with Crippen molar-refractivity contribution in [3.05, 3.63) is 30.5 Å². The summed E-state index contributed by atoms with van der Waals surface area (Å²) in [5, 5.41) is 9.79. The van der Waals surface area contributed by atoms with Crippen molar-refractivity contribution in [3.8, 4) is 0 Å². The van der Waals surface area contributed by atoms with Gasteiger partial charge in [0.2, 0.25) is 0 Å². The smallest absolute Gasteiger partial charge is 0.320 e. The van der Waals surface area contributed by atoms with E-state index in [1.165, 1.54) is 0 Å². The van der Waals surface area contributed by atoms with Crippen molar-refractivity contribution in [3.63, 3.8) is 0 Å². The fraction of sp³-hybridized carbons (Fsp3) is 0.500. The Labute approximate surface area is 128 Å². The van der Waals surface area contributed by atoms with Gasteiger partial charge in [0, 0.05) is 44.9 Å². The number of hydrogen-bond donors (Lipinski definition) is 2. The molecule has 0 aliphatic carbocycles. The van der Waals surface area contributed by atoms with E-state index in [4.69, 9.17) is 4.74 Å². The molecule has 0 aromatic carbocycles. The highest BCUT2D eigenvalue weighted by molar-refractivity contribution is 5.88. The monoisotopic (exact) mass is 304 g/mol. The van der Waals surface area contributed by atoms with Gasteiger partial charge < -0.3 is 14.6 Å². The topological polar surface area (TPSA) is 86.0 Å². The molecule has 1 saturated heterocycles. The first kappa shape index (κ1) is 14.6. The summed E-state index contributed by atoms with van der Waals surface area (Å²) in [6.45, 7) is 3.48. The fourth-order valence-electron chi connectivity index (χ4n) is 2.64. The van der Waals surface area contributed by atoms with E-state index in [1.54, 1.807) is 30.2 Å². The minimum Gasteiger partial charge on any atom is -0.368 e. The number of anilines is 1. The number of imidazole rings is 1. The second-order valence-corrected chi connectivity index (χ2v) is 5.23. The lowest BCUT2D eigenvalue weighted by Crippen LogP contribution is -2.40. The van der Waals surface area contributed by atoms with E-state index in [-0.39, 0.29) is 18.2 Å². The van der Waals surface area contributed by atoms with Gasteiger partial charge in [0.25, 0.3) is 0 Å². The summed E-state index contributed by atoms with van der Waals surface area (Å²) in [5.74, 6) is 1.37. The lowest BCUT2D eigenvalue weighted by molar-refractivity contribution is 0.0906. The van der Waals surface area contributed by atoms with Gasteiger partial charge in [0.1, 0.15) is 11.9 Å². The van der Waals surface area contributed by atoms with Crippen molar-refractivity contribution in [2.24, 2.45) is 7.05 Å². The Morgan fingerprint density at radius 1 is 1.50 bits per heavy atom. The number of nitrogens with zero attached hydrogens (tertiary/aromatic N) is 4. The first-order chi connectivity index (χ1) is 10.7. The quantitative estimate of drug-likeness (QED) is 0.891. The number of hydrogen-bond acceptors (Lipinski definition) is 4. The van der Waals surface area contributed by atoms with Crippen LogP contribution in [0.15, 0.2) is 24.7 Å². The first-order valence-electron chi connectivity index (χ1n) is 7.37. The van der Waals surface area contributed by atoms with E-state index in [9.17, 15) is 4.79 Å². The second-order valence-electron chi connectivity index (χ2n) is 5.23. The van der Waals surface area contributed by atoms with Crippen molar-refractivity contribution in [2.75, 3.05) is 11.9 Å². The van der Waals surface area contributed by atoms with Gasteiger partial charge in [-0.3, -0.25) is 10.00 Å². The molecule has 0 radical (unpaired) electrons. The number of urea groups is 1. The molecule has 1 aliphatic rings. The summed E-state index contributed by atoms with van der Waals surface area (Å²) < 4.78 is 9.43. The van der Waals surface area contributed by atoms with Gasteiger partial charge >= 0.3 is 6.03 Å². The zero-order valence-corrected chi connectivity index (χ0v) is 12.7. The van der Waals surface area contributed by atoms with Crippen LogP contribution in [-0.4, -0.2) is 38.0 Å². The van der Waals surface area contributed by atoms with Gasteiger partial charge in [0.15, 0.2) is 5.82 Å². The van der Waals surface area contributed by atoms with E-state index in [0.29, 0.717) is 12.4 Å². The van der Waals surface area contributed by atoms with E-state index in [1.807, 2.05) is 10.8 Å². The average molecular weight is 304 g/mol. The maximum absolute atomic E-state index is 12.1. The fourth-order valence-corrected chi connectivity index (χ4v) is 2.64. The van der Waals surface area contributed by atoms with Gasteiger partial charge in [-0.25, -0.2) is 9.78 Å². The molecule has 1 aliphatic heterocycles. The number of amides is 2. The summed E-state index contributed by atoms with van der Waals surface area (Å²) in [6.07, 6.45) is 5.99. The molecule has 3 heterocycles. The molecule has 2 amide bonds. The molecular formula is C14H20N6O2. The van der Waals surface area contributed by atoms with Gasteiger partial charge in [-0.1, -0.05) is 0 Å². The van der Waals surface area contributed by atoms with Crippen LogP contribution in [0.25, 0.3) is 0 Å². The summed E-state index contributed by atoms with van der Waals surface area (Å²) in [5.41, 5.74) is 0. The highest BCUT2D eigenvalue weighted by Gasteiger charge is 2.33. The van der Waals surface area contributed by atoms with E-state index < -0.39 is 0 Å². The van der Waals surface area contributed by atoms with Crippen LogP contribution in [-0.2, 0) is 18.3 Å². The Bertz CT molecular complexity index is 649. The number of nitrogens with one attached hydrogen (secondary N) is 2. The molecule has 0 saturated carbocycles. The number of carbonyl (C=O) groups is 1. The zero-order chi connectivity index (χ0) is 15.5. The normalized spacial score (nSPS) is 21.0. The molecule has 118 valence electrons. The maximum atomic E-state index is 12.1. The number of ether oxygens (including phenoxy) is 1. The third-order valence-electron chi connectivity index (χ3n) is 3.71. The summed E-state index contributed by atoms with van der Waals surface area (Å²) in [4.78, 5) is 16.5. The van der Waals surface area contributed by atoms with Gasteiger partial charge in [0.05, 0.1) is 6.04 Å². The van der Waals surface area contributed by atoms with Crippen LogP contribution in [0.4, 0.5) is 10.6 Å². The van der Waals surface area contributed by atoms with Crippen LogP contribution in [0.1, 0.15) is 25.3 Å². The Morgan fingerprint density at radius 3 is 3.09 bits per heavy atom. The van der Waals surface area contributed by atoms with Gasteiger partial charge in [-0.05, 0) is 13.3 Å². The van der Waals surface area contributed by atoms with Crippen LogP contribution >= 0.6 is 0 Å². The van der Waals surface area contributed by atoms with E-state index >= 15 is 0 Å². The van der Waals surface area contributed by atoms with Crippen molar-refractivity contribution >= 4 is 11.8 Å². The van der Waals surface area contributed by atoms with Crippen LogP contribution in [0.3, 0.4) is 0 Å². The third-order valence-corrected chi connectivity index (χ3v) is 3.71. The highest BCUT2D eigenvalue weighted by atomic mass is 16.5. The molecule has 2 atom stereocenters. The molecule has 0 spiro atoms. The van der Waals surface area contributed by atoms with Crippen LogP contribution in [0, 0.1) is 0 Å². The summed E-state index contributed by atoms with van der Waals surface area (Å²) in [6, 6.07) is 1.36. The van der Waals surface area contributed by atoms with Crippen molar-refractivity contribution in [1.82, 2.24) is 24.6 Å². The average Bonchev–Trinajstić information content (AvgIpc) is 3.19. The largest absolute Gasteiger partial charge is 0.368 e. The Hall–Kier alpha value is -2.35. The number of carbonyl (C=O) groups excluding carboxylic acids is 1. The molecule has 1 fully saturated rings. The van der Waals surface area contributed by atoms with Crippen molar-refractivity contribution < 1.29 is 9.53 Å². The Balaban J connectivity index is 1.65. The molecular weight excluding hydrogens is 284 g/mol. The molecule has 2 aromatic heterocycles. The minimum atomic E-state index is -0.284. The highest BCUT2D eigenvalue weighted by Crippen LogP contribution is 2.28. The molecule has 2 N–H and O–H groups in total. The predicted octanol–water partition coefficient (Wildman–Crippen LogP) is 1.29. The second kappa shape index (κ2) is 6.18. The van der Waals surface area contributed by atoms with E-state index in [2.05, 4.69) is 27.6 Å². The lowest BCUT2D eigenvalue weighted by atomic mass is 10.1. The molecule has 0 unspecified atom stereocenters. The summed E-state index contributed by atoms with van der Waals surface area (Å²) in [7, 11) is 1.80. The number of aromatic nitrogens is 4. The molecule has 8 heteroatoms. The van der Waals surface area contributed by atoms with Crippen molar-refractivity contribution in [1.29, 1.82) is 0 Å². The number of aryl methyl sites for hydroxylation is 2. The van der Waals surface area contributed by atoms with Gasteiger partial charge in [-0.15, -0.1) is 0 Å². The van der Waals surface area contributed by atoms with Crippen LogP contribution < -0.4 is 10.6 Å². The van der Waals surface area contributed by atoms with Crippen LogP contribution in [0.5, 0.6) is 0 Å². The standard InChI is InChI=1S/C14H20N6O2/c1-3-20-8-6-15-13(20)12-10(5-9-22-12)16-14(21)17-11-4-7-19(2)18-11/h4,6-8,10,12H,3,5,9H2,1-2H3,(H2,16,17,18,21)/t10-,12-/m0/s1. The molecule has 3 rings (SSSR count). The Kier molecular flexibility index (Phi) is 4.10. The SMILES string of the molecule is CCn1ccnc1[C@H]1OCC[C@@H]1NC(=O)Nc1ccn(C)n1. The maximum Gasteiger partial charge on any atom is 0.320 e. The molecule has 8 nitrogen and oxygen atoms in total. The van der Waals surface area contributed by atoms with Crippen LogP contribution in [0.2, 0.25) is 0 Å².